The summed E-state index contributed by atoms with van der Waals surface area (Å²) in [6, 6.07) is 7.94. The van der Waals surface area contributed by atoms with E-state index in [1.54, 1.807) is 0 Å². The molecule has 0 fully saturated rings. The van der Waals surface area contributed by atoms with E-state index in [9.17, 15) is 10.2 Å². The average molecular weight is 265 g/mol. The molecule has 0 aliphatic rings. The zero-order chi connectivity index (χ0) is 14.3. The molecule has 3 nitrogen and oxygen atoms in total. The van der Waals surface area contributed by atoms with Crippen molar-refractivity contribution in [3.8, 4) is 0 Å². The second-order valence-corrected chi connectivity index (χ2v) is 5.59. The molecule has 0 amide bonds. The third-order valence-electron chi connectivity index (χ3n) is 3.52. The SMILES string of the molecule is CCCC(C)(O)CCc1cccc(C(O)CCN)c1. The Hall–Kier alpha value is -0.900. The molecule has 0 aliphatic carbocycles. The van der Waals surface area contributed by atoms with Crippen molar-refractivity contribution in [3.05, 3.63) is 35.4 Å². The smallest absolute Gasteiger partial charge is 0.0802 e. The van der Waals surface area contributed by atoms with E-state index in [-0.39, 0.29) is 0 Å². The molecule has 19 heavy (non-hydrogen) atoms. The lowest BCUT2D eigenvalue weighted by molar-refractivity contribution is 0.0416. The number of hydrogen-bond donors (Lipinski definition) is 3. The van der Waals surface area contributed by atoms with Gasteiger partial charge in [0, 0.05) is 0 Å². The Morgan fingerprint density at radius 2 is 2.05 bits per heavy atom. The van der Waals surface area contributed by atoms with E-state index in [2.05, 4.69) is 6.92 Å². The predicted molar refractivity (Wildman–Crippen MR) is 78.9 cm³/mol. The van der Waals surface area contributed by atoms with E-state index in [0.29, 0.717) is 13.0 Å². The first-order chi connectivity index (χ1) is 8.98. The van der Waals surface area contributed by atoms with Crippen LogP contribution in [0.4, 0.5) is 0 Å². The van der Waals surface area contributed by atoms with Gasteiger partial charge in [-0.05, 0) is 50.3 Å². The maximum atomic E-state index is 10.2. The number of hydrogen-bond acceptors (Lipinski definition) is 3. The second kappa shape index (κ2) is 7.63. The Morgan fingerprint density at radius 3 is 2.68 bits per heavy atom. The van der Waals surface area contributed by atoms with Gasteiger partial charge in [0.1, 0.15) is 0 Å². The van der Waals surface area contributed by atoms with E-state index >= 15 is 0 Å². The van der Waals surface area contributed by atoms with Gasteiger partial charge >= 0.3 is 0 Å². The number of rotatable bonds is 8. The van der Waals surface area contributed by atoms with E-state index < -0.39 is 11.7 Å². The molecule has 2 atom stereocenters. The molecule has 0 saturated carbocycles. The summed E-state index contributed by atoms with van der Waals surface area (Å²) >= 11 is 0. The van der Waals surface area contributed by atoms with Crippen LogP contribution >= 0.6 is 0 Å². The summed E-state index contributed by atoms with van der Waals surface area (Å²) in [5, 5.41) is 20.1. The minimum atomic E-state index is -0.597. The van der Waals surface area contributed by atoms with Gasteiger partial charge < -0.3 is 15.9 Å². The molecular weight excluding hydrogens is 238 g/mol. The molecule has 2 unspecified atom stereocenters. The summed E-state index contributed by atoms with van der Waals surface area (Å²) < 4.78 is 0. The Labute approximate surface area is 116 Å². The van der Waals surface area contributed by atoms with Gasteiger partial charge in [0.15, 0.2) is 0 Å². The molecule has 0 spiro atoms. The van der Waals surface area contributed by atoms with E-state index in [1.807, 2.05) is 31.2 Å². The lowest BCUT2D eigenvalue weighted by Crippen LogP contribution is -2.24. The van der Waals surface area contributed by atoms with Crippen LogP contribution in [0.3, 0.4) is 0 Å². The molecule has 0 bridgehead atoms. The van der Waals surface area contributed by atoms with Crippen molar-refractivity contribution in [1.29, 1.82) is 0 Å². The highest BCUT2D eigenvalue weighted by Crippen LogP contribution is 2.22. The number of aliphatic hydroxyl groups excluding tert-OH is 1. The Kier molecular flexibility index (Phi) is 6.49. The van der Waals surface area contributed by atoms with E-state index in [4.69, 9.17) is 5.73 Å². The number of aliphatic hydroxyl groups is 2. The third-order valence-corrected chi connectivity index (χ3v) is 3.52. The van der Waals surface area contributed by atoms with Crippen molar-refractivity contribution in [2.75, 3.05) is 6.54 Å². The van der Waals surface area contributed by atoms with Crippen LogP contribution in [-0.2, 0) is 6.42 Å². The van der Waals surface area contributed by atoms with Gasteiger partial charge in [0.2, 0.25) is 0 Å². The maximum absolute atomic E-state index is 10.2. The van der Waals surface area contributed by atoms with Crippen LogP contribution in [0.2, 0.25) is 0 Å². The highest BCUT2D eigenvalue weighted by Gasteiger charge is 2.18. The lowest BCUT2D eigenvalue weighted by Gasteiger charge is -2.22. The largest absolute Gasteiger partial charge is 0.390 e. The van der Waals surface area contributed by atoms with Crippen molar-refractivity contribution < 1.29 is 10.2 Å². The lowest BCUT2D eigenvalue weighted by atomic mass is 9.92. The van der Waals surface area contributed by atoms with Gasteiger partial charge in [0.05, 0.1) is 11.7 Å². The molecule has 1 aromatic carbocycles. The highest BCUT2D eigenvalue weighted by atomic mass is 16.3. The van der Waals surface area contributed by atoms with Gasteiger partial charge in [-0.2, -0.15) is 0 Å². The molecule has 0 radical (unpaired) electrons. The maximum Gasteiger partial charge on any atom is 0.0802 e. The van der Waals surface area contributed by atoms with Gasteiger partial charge in [-0.25, -0.2) is 0 Å². The Morgan fingerprint density at radius 1 is 1.32 bits per heavy atom. The Bertz CT molecular complexity index is 377. The van der Waals surface area contributed by atoms with E-state index in [0.717, 1.165) is 36.8 Å². The zero-order valence-electron chi connectivity index (χ0n) is 12.1. The van der Waals surface area contributed by atoms with Crippen LogP contribution in [0.15, 0.2) is 24.3 Å². The summed E-state index contributed by atoms with van der Waals surface area (Å²) in [7, 11) is 0. The standard InChI is InChI=1S/C16H27NO2/c1-3-9-16(2,19)10-7-13-5-4-6-14(12-13)15(18)8-11-17/h4-6,12,15,18-19H,3,7-11,17H2,1-2H3. The van der Waals surface area contributed by atoms with Crippen LogP contribution in [0, 0.1) is 0 Å². The van der Waals surface area contributed by atoms with Crippen LogP contribution < -0.4 is 5.73 Å². The average Bonchev–Trinajstić information content (AvgIpc) is 2.37. The number of benzene rings is 1. The summed E-state index contributed by atoms with van der Waals surface area (Å²) in [6.45, 7) is 4.46. The number of aryl methyl sites for hydroxylation is 1. The van der Waals surface area contributed by atoms with Crippen LogP contribution in [-0.4, -0.2) is 22.4 Å². The fourth-order valence-electron chi connectivity index (χ4n) is 2.36. The highest BCUT2D eigenvalue weighted by molar-refractivity contribution is 5.25. The van der Waals surface area contributed by atoms with Crippen LogP contribution in [0.5, 0.6) is 0 Å². The third kappa shape index (κ3) is 5.72. The van der Waals surface area contributed by atoms with Crippen molar-refractivity contribution in [3.63, 3.8) is 0 Å². The molecule has 0 aromatic heterocycles. The number of nitrogens with two attached hydrogens (primary N) is 1. The molecule has 0 heterocycles. The van der Waals surface area contributed by atoms with Gasteiger partial charge in [-0.15, -0.1) is 0 Å². The first-order valence-corrected chi connectivity index (χ1v) is 7.18. The fraction of sp³-hybridized carbons (Fsp3) is 0.625. The summed E-state index contributed by atoms with van der Waals surface area (Å²) in [5.74, 6) is 0. The van der Waals surface area contributed by atoms with Gasteiger partial charge in [0.25, 0.3) is 0 Å². The predicted octanol–water partition coefficient (Wildman–Crippen LogP) is 2.55. The van der Waals surface area contributed by atoms with Gasteiger partial charge in [-0.3, -0.25) is 0 Å². The zero-order valence-corrected chi connectivity index (χ0v) is 12.1. The fourth-order valence-corrected chi connectivity index (χ4v) is 2.36. The first-order valence-electron chi connectivity index (χ1n) is 7.18. The summed E-state index contributed by atoms with van der Waals surface area (Å²) in [6.07, 6.45) is 3.48. The normalized spacial score (nSPS) is 16.1. The molecule has 1 aromatic rings. The molecule has 0 aliphatic heterocycles. The van der Waals surface area contributed by atoms with Crippen LogP contribution in [0.1, 0.15) is 56.8 Å². The monoisotopic (exact) mass is 265 g/mol. The van der Waals surface area contributed by atoms with Gasteiger partial charge in [-0.1, -0.05) is 37.6 Å². The summed E-state index contributed by atoms with van der Waals surface area (Å²) in [4.78, 5) is 0. The van der Waals surface area contributed by atoms with Crippen molar-refractivity contribution in [2.45, 2.75) is 57.7 Å². The minimum absolute atomic E-state index is 0.483. The van der Waals surface area contributed by atoms with Crippen molar-refractivity contribution >= 4 is 0 Å². The van der Waals surface area contributed by atoms with Crippen molar-refractivity contribution in [2.24, 2.45) is 5.73 Å². The van der Waals surface area contributed by atoms with Crippen molar-refractivity contribution in [1.82, 2.24) is 0 Å². The molecule has 0 saturated heterocycles. The molecule has 108 valence electrons. The van der Waals surface area contributed by atoms with Crippen LogP contribution in [0.25, 0.3) is 0 Å². The summed E-state index contributed by atoms with van der Waals surface area (Å²) in [5.41, 5.74) is 6.94. The van der Waals surface area contributed by atoms with E-state index in [1.165, 1.54) is 0 Å². The second-order valence-electron chi connectivity index (χ2n) is 5.59. The molecule has 3 heteroatoms. The first kappa shape index (κ1) is 16.2. The Balaban J connectivity index is 2.62. The topological polar surface area (TPSA) is 66.5 Å². The quantitative estimate of drug-likeness (QED) is 0.676. The molecule has 4 N–H and O–H groups in total. The molecular formula is C16H27NO2. The molecule has 1 rings (SSSR count). The minimum Gasteiger partial charge on any atom is -0.390 e.